The molecule has 24 heavy (non-hydrogen) atoms. The minimum Gasteiger partial charge on any atom is -0.379 e. The summed E-state index contributed by atoms with van der Waals surface area (Å²) in [4.78, 5) is 17.5. The van der Waals surface area contributed by atoms with Gasteiger partial charge in [-0.15, -0.1) is 0 Å². The summed E-state index contributed by atoms with van der Waals surface area (Å²) in [5, 5.41) is 0. The lowest BCUT2D eigenvalue weighted by molar-refractivity contribution is -0.134. The summed E-state index contributed by atoms with van der Waals surface area (Å²) in [6, 6.07) is 10.2. The van der Waals surface area contributed by atoms with Crippen molar-refractivity contribution in [2.75, 3.05) is 45.9 Å². The molecule has 4 nitrogen and oxygen atoms in total. The molecule has 2 fully saturated rings. The summed E-state index contributed by atoms with van der Waals surface area (Å²) in [5.74, 6) is 1.06. The van der Waals surface area contributed by atoms with E-state index in [1.165, 1.54) is 6.54 Å². The zero-order chi connectivity index (χ0) is 16.8. The number of morpholine rings is 1. The van der Waals surface area contributed by atoms with Crippen molar-refractivity contribution in [3.8, 4) is 0 Å². The monoisotopic (exact) mass is 330 g/mol. The van der Waals surface area contributed by atoms with Crippen LogP contribution in [0.25, 0.3) is 0 Å². The Morgan fingerprint density at radius 2 is 1.79 bits per heavy atom. The minimum atomic E-state index is 0.0157. The standard InChI is InChI=1S/C20H30N2O2/c1-2-19(18-6-4-3-5-7-18)20(23)22-10-8-17(9-11-22)16-21-12-14-24-15-13-21/h3-7,17,19H,2,8-16H2,1H3/t19-/m1/s1. The Kier molecular flexibility index (Phi) is 6.27. The molecule has 2 aliphatic heterocycles. The Hall–Kier alpha value is -1.39. The first-order valence-electron chi connectivity index (χ1n) is 9.41. The van der Waals surface area contributed by atoms with Crippen LogP contribution >= 0.6 is 0 Å². The molecule has 4 heteroatoms. The van der Waals surface area contributed by atoms with Gasteiger partial charge in [0.2, 0.25) is 5.91 Å². The first-order chi connectivity index (χ1) is 11.8. The highest BCUT2D eigenvalue weighted by Crippen LogP contribution is 2.26. The molecule has 0 spiro atoms. The number of hydrogen-bond donors (Lipinski definition) is 0. The van der Waals surface area contributed by atoms with Crippen LogP contribution in [-0.4, -0.2) is 61.6 Å². The molecule has 3 rings (SSSR count). The van der Waals surface area contributed by atoms with E-state index in [1.54, 1.807) is 0 Å². The van der Waals surface area contributed by atoms with Crippen LogP contribution in [0.4, 0.5) is 0 Å². The second-order valence-corrected chi connectivity index (χ2v) is 7.05. The van der Waals surface area contributed by atoms with Gasteiger partial charge in [0.15, 0.2) is 0 Å². The molecule has 0 N–H and O–H groups in total. The van der Waals surface area contributed by atoms with Gasteiger partial charge in [-0.3, -0.25) is 9.69 Å². The molecule has 0 aromatic heterocycles. The van der Waals surface area contributed by atoms with Gasteiger partial charge in [0.1, 0.15) is 0 Å². The van der Waals surface area contributed by atoms with Crippen LogP contribution in [0.15, 0.2) is 30.3 Å². The molecule has 2 saturated heterocycles. The number of benzene rings is 1. The predicted octanol–water partition coefficient (Wildman–Crippen LogP) is 2.75. The van der Waals surface area contributed by atoms with Gasteiger partial charge in [-0.25, -0.2) is 0 Å². The van der Waals surface area contributed by atoms with Gasteiger partial charge in [-0.2, -0.15) is 0 Å². The average Bonchev–Trinajstić information content (AvgIpc) is 2.65. The second-order valence-electron chi connectivity index (χ2n) is 7.05. The van der Waals surface area contributed by atoms with E-state index in [1.807, 2.05) is 18.2 Å². The molecule has 2 heterocycles. The Bertz CT molecular complexity index is 506. The Labute approximate surface area is 145 Å². The van der Waals surface area contributed by atoms with E-state index in [9.17, 15) is 4.79 Å². The van der Waals surface area contributed by atoms with Gasteiger partial charge < -0.3 is 9.64 Å². The molecule has 0 saturated carbocycles. The van der Waals surface area contributed by atoms with E-state index < -0.39 is 0 Å². The lowest BCUT2D eigenvalue weighted by atomic mass is 9.91. The number of piperidine rings is 1. The van der Waals surface area contributed by atoms with Crippen molar-refractivity contribution in [2.45, 2.75) is 32.1 Å². The first-order valence-corrected chi connectivity index (χ1v) is 9.41. The number of rotatable bonds is 5. The lowest BCUT2D eigenvalue weighted by Crippen LogP contribution is -2.45. The van der Waals surface area contributed by atoms with Crippen LogP contribution in [0.3, 0.4) is 0 Å². The third-order valence-electron chi connectivity index (χ3n) is 5.45. The van der Waals surface area contributed by atoms with Gasteiger partial charge in [0.05, 0.1) is 19.1 Å². The van der Waals surface area contributed by atoms with E-state index in [4.69, 9.17) is 4.74 Å². The van der Waals surface area contributed by atoms with E-state index in [0.717, 1.165) is 70.1 Å². The summed E-state index contributed by atoms with van der Waals surface area (Å²) >= 11 is 0. The largest absolute Gasteiger partial charge is 0.379 e. The molecule has 132 valence electrons. The third kappa shape index (κ3) is 4.37. The topological polar surface area (TPSA) is 32.8 Å². The third-order valence-corrected chi connectivity index (χ3v) is 5.45. The van der Waals surface area contributed by atoms with Gasteiger partial charge in [0, 0.05) is 32.7 Å². The highest BCUT2D eigenvalue weighted by atomic mass is 16.5. The maximum Gasteiger partial charge on any atom is 0.230 e. The number of nitrogens with zero attached hydrogens (tertiary/aromatic N) is 2. The normalized spacial score (nSPS) is 21.6. The SMILES string of the molecule is CC[C@@H](C(=O)N1CCC(CN2CCOCC2)CC1)c1ccccc1. The summed E-state index contributed by atoms with van der Waals surface area (Å²) in [5.41, 5.74) is 1.15. The Morgan fingerprint density at radius 3 is 2.42 bits per heavy atom. The number of amides is 1. The fourth-order valence-corrected chi connectivity index (χ4v) is 3.94. The summed E-state index contributed by atoms with van der Waals surface area (Å²) in [6.45, 7) is 8.96. The quantitative estimate of drug-likeness (QED) is 0.832. The maximum absolute atomic E-state index is 12.9. The fourth-order valence-electron chi connectivity index (χ4n) is 3.94. The Morgan fingerprint density at radius 1 is 1.12 bits per heavy atom. The molecule has 1 aromatic rings. The first kappa shape index (κ1) is 17.4. The van der Waals surface area contributed by atoms with Crippen molar-refractivity contribution >= 4 is 5.91 Å². The van der Waals surface area contributed by atoms with Gasteiger partial charge in [-0.1, -0.05) is 37.3 Å². The number of likely N-dealkylation sites (tertiary alicyclic amines) is 1. The molecule has 0 bridgehead atoms. The number of carbonyl (C=O) groups excluding carboxylic acids is 1. The van der Waals surface area contributed by atoms with Crippen molar-refractivity contribution < 1.29 is 9.53 Å². The van der Waals surface area contributed by atoms with Crippen molar-refractivity contribution in [3.63, 3.8) is 0 Å². The number of hydrogen-bond acceptors (Lipinski definition) is 3. The average molecular weight is 330 g/mol. The zero-order valence-electron chi connectivity index (χ0n) is 14.8. The van der Waals surface area contributed by atoms with Crippen molar-refractivity contribution in [2.24, 2.45) is 5.92 Å². The van der Waals surface area contributed by atoms with Crippen molar-refractivity contribution in [1.82, 2.24) is 9.80 Å². The van der Waals surface area contributed by atoms with E-state index >= 15 is 0 Å². The van der Waals surface area contributed by atoms with Crippen LogP contribution in [0, 0.1) is 5.92 Å². The van der Waals surface area contributed by atoms with Crippen LogP contribution in [0.2, 0.25) is 0 Å². The highest BCUT2D eigenvalue weighted by Gasteiger charge is 2.29. The molecule has 0 radical (unpaired) electrons. The van der Waals surface area contributed by atoms with Crippen LogP contribution in [0.1, 0.15) is 37.7 Å². The Balaban J connectivity index is 1.51. The molecule has 1 amide bonds. The van der Waals surface area contributed by atoms with Crippen LogP contribution < -0.4 is 0 Å². The van der Waals surface area contributed by atoms with Gasteiger partial charge in [0.25, 0.3) is 0 Å². The second kappa shape index (κ2) is 8.63. The summed E-state index contributed by atoms with van der Waals surface area (Å²) < 4.78 is 5.42. The molecule has 1 aromatic carbocycles. The highest BCUT2D eigenvalue weighted by molar-refractivity contribution is 5.83. The molecule has 0 aliphatic carbocycles. The van der Waals surface area contributed by atoms with Gasteiger partial charge >= 0.3 is 0 Å². The van der Waals surface area contributed by atoms with Crippen LogP contribution in [-0.2, 0) is 9.53 Å². The maximum atomic E-state index is 12.9. The minimum absolute atomic E-state index is 0.0157. The van der Waals surface area contributed by atoms with E-state index in [2.05, 4.69) is 28.9 Å². The number of carbonyl (C=O) groups is 1. The zero-order valence-corrected chi connectivity index (χ0v) is 14.8. The molecular formula is C20H30N2O2. The van der Waals surface area contributed by atoms with Crippen molar-refractivity contribution in [3.05, 3.63) is 35.9 Å². The van der Waals surface area contributed by atoms with E-state index in [-0.39, 0.29) is 5.92 Å². The van der Waals surface area contributed by atoms with Crippen molar-refractivity contribution in [1.29, 1.82) is 0 Å². The fraction of sp³-hybridized carbons (Fsp3) is 0.650. The summed E-state index contributed by atoms with van der Waals surface area (Å²) in [7, 11) is 0. The molecule has 1 atom stereocenters. The van der Waals surface area contributed by atoms with Crippen LogP contribution in [0.5, 0.6) is 0 Å². The van der Waals surface area contributed by atoms with E-state index in [0.29, 0.717) is 5.91 Å². The van der Waals surface area contributed by atoms with Gasteiger partial charge in [-0.05, 0) is 30.7 Å². The molecule has 0 unspecified atom stereocenters. The molecule has 2 aliphatic rings. The number of ether oxygens (including phenoxy) is 1. The summed E-state index contributed by atoms with van der Waals surface area (Å²) in [6.07, 6.45) is 3.14. The molecular weight excluding hydrogens is 300 g/mol. The predicted molar refractivity (Wildman–Crippen MR) is 96.0 cm³/mol. The smallest absolute Gasteiger partial charge is 0.230 e. The lowest BCUT2D eigenvalue weighted by Gasteiger charge is -2.37.